The minimum absolute atomic E-state index is 0.591. The van der Waals surface area contributed by atoms with E-state index in [1.54, 1.807) is 0 Å². The number of allylic oxidation sites excluding steroid dienone is 5. The summed E-state index contributed by atoms with van der Waals surface area (Å²) in [6.07, 6.45) is 15.8. The van der Waals surface area contributed by atoms with E-state index in [9.17, 15) is 0 Å². The van der Waals surface area contributed by atoms with E-state index in [1.807, 2.05) is 24.4 Å². The zero-order valence-electron chi connectivity index (χ0n) is 34.9. The third-order valence-electron chi connectivity index (χ3n) is 12.8. The summed E-state index contributed by atoms with van der Waals surface area (Å²) in [5.74, 6) is 2.00. The second-order valence-electron chi connectivity index (χ2n) is 16.8. The highest BCUT2D eigenvalue weighted by Gasteiger charge is 2.34. The van der Waals surface area contributed by atoms with Crippen LogP contribution >= 0.6 is 0 Å². The van der Waals surface area contributed by atoms with Crippen LogP contribution in [0.2, 0.25) is 0 Å². The van der Waals surface area contributed by atoms with Crippen molar-refractivity contribution < 1.29 is 0 Å². The Balaban J connectivity index is 1.01. The second kappa shape index (κ2) is 14.9. The Hall–Kier alpha value is -7.96. The van der Waals surface area contributed by atoms with E-state index in [-0.39, 0.29) is 0 Å². The molecule has 0 N–H and O–H groups in total. The Morgan fingerprint density at radius 2 is 1.19 bits per heavy atom. The van der Waals surface area contributed by atoms with Crippen molar-refractivity contribution >= 4 is 44.4 Å². The van der Waals surface area contributed by atoms with Crippen molar-refractivity contribution in [1.29, 1.82) is 0 Å². The standard InChI is InChI=1S/C57H42N6/c1-57(34-17-23-41(37-57)52-53(43(33-35-58-52)38-18-4-2-5-19-38)63-50-31-14-10-27-46(50)47-28-11-15-32-51(47)63)56-60-54(39-20-6-3-7-21-39)59-55(61-56)40-22-16-24-42(36-40)62-48-29-12-8-25-44(48)45-26-9-13-30-49(45)62/h2-8,10-25,27-36H,9,26,37H2,1H3. The molecule has 4 heterocycles. The van der Waals surface area contributed by atoms with E-state index in [4.69, 9.17) is 19.9 Å². The van der Waals surface area contributed by atoms with Gasteiger partial charge in [0.2, 0.25) is 0 Å². The predicted molar refractivity (Wildman–Crippen MR) is 258 cm³/mol. The molecule has 1 unspecified atom stereocenters. The van der Waals surface area contributed by atoms with Gasteiger partial charge in [-0.1, -0.05) is 152 Å². The van der Waals surface area contributed by atoms with Gasteiger partial charge in [0.25, 0.3) is 0 Å². The highest BCUT2D eigenvalue weighted by molar-refractivity contribution is 6.10. The van der Waals surface area contributed by atoms with E-state index < -0.39 is 5.41 Å². The average Bonchev–Trinajstić information content (AvgIpc) is 3.87. The smallest absolute Gasteiger partial charge is 0.163 e. The number of benzene rings is 6. The summed E-state index contributed by atoms with van der Waals surface area (Å²) in [4.78, 5) is 21.1. The Bertz CT molecular complexity index is 3450. The molecule has 63 heavy (non-hydrogen) atoms. The summed E-state index contributed by atoms with van der Waals surface area (Å²) in [5.41, 5.74) is 13.8. The summed E-state index contributed by atoms with van der Waals surface area (Å²) in [7, 11) is 0. The van der Waals surface area contributed by atoms with Crippen LogP contribution in [0.25, 0.3) is 89.6 Å². The van der Waals surface area contributed by atoms with Crippen LogP contribution in [-0.2, 0) is 11.8 Å². The maximum absolute atomic E-state index is 5.39. The highest BCUT2D eigenvalue weighted by atomic mass is 15.1. The van der Waals surface area contributed by atoms with Crippen LogP contribution in [0.3, 0.4) is 0 Å². The molecule has 2 aliphatic rings. The first-order valence-electron chi connectivity index (χ1n) is 21.7. The fourth-order valence-electron chi connectivity index (χ4n) is 9.86. The third kappa shape index (κ3) is 6.17. The molecule has 0 amide bonds. The van der Waals surface area contributed by atoms with Gasteiger partial charge in [-0.25, -0.2) is 15.0 Å². The van der Waals surface area contributed by atoms with E-state index in [2.05, 4.69) is 192 Å². The van der Waals surface area contributed by atoms with Crippen molar-refractivity contribution in [3.8, 4) is 45.3 Å². The fraction of sp³-hybridized carbons (Fsp3) is 0.0877. The van der Waals surface area contributed by atoms with Gasteiger partial charge >= 0.3 is 0 Å². The molecule has 1 atom stereocenters. The Labute approximate surface area is 365 Å². The van der Waals surface area contributed by atoms with Crippen LogP contribution < -0.4 is 0 Å². The molecule has 0 bridgehead atoms. The highest BCUT2D eigenvalue weighted by Crippen LogP contribution is 2.44. The molecule has 0 spiro atoms. The lowest BCUT2D eigenvalue weighted by molar-refractivity contribution is 0.561. The third-order valence-corrected chi connectivity index (χ3v) is 12.8. The van der Waals surface area contributed by atoms with E-state index in [0.29, 0.717) is 23.9 Å². The summed E-state index contributed by atoms with van der Waals surface area (Å²) >= 11 is 0. The number of rotatable bonds is 7. The largest absolute Gasteiger partial charge is 0.310 e. The van der Waals surface area contributed by atoms with E-state index in [0.717, 1.165) is 68.8 Å². The summed E-state index contributed by atoms with van der Waals surface area (Å²) < 4.78 is 4.80. The fourth-order valence-corrected chi connectivity index (χ4v) is 9.86. The molecule has 6 nitrogen and oxygen atoms in total. The van der Waals surface area contributed by atoms with Crippen molar-refractivity contribution in [3.05, 3.63) is 217 Å². The topological polar surface area (TPSA) is 61.4 Å². The molecule has 0 saturated heterocycles. The van der Waals surface area contributed by atoms with Crippen molar-refractivity contribution in [2.75, 3.05) is 0 Å². The summed E-state index contributed by atoms with van der Waals surface area (Å²) in [6, 6.07) is 57.8. The Kier molecular flexibility index (Phi) is 8.71. The molecule has 0 radical (unpaired) electrons. The maximum atomic E-state index is 5.39. The molecule has 0 saturated carbocycles. The van der Waals surface area contributed by atoms with Crippen LogP contribution in [0.15, 0.2) is 194 Å². The van der Waals surface area contributed by atoms with Gasteiger partial charge in [-0.05, 0) is 85.4 Å². The monoisotopic (exact) mass is 810 g/mol. The number of hydrogen-bond donors (Lipinski definition) is 0. The summed E-state index contributed by atoms with van der Waals surface area (Å²) in [5, 5.41) is 3.73. The van der Waals surface area contributed by atoms with Gasteiger partial charge in [0.05, 0.1) is 27.9 Å². The van der Waals surface area contributed by atoms with Crippen molar-refractivity contribution in [1.82, 2.24) is 29.1 Å². The first kappa shape index (κ1) is 36.9. The quantitative estimate of drug-likeness (QED) is 0.161. The van der Waals surface area contributed by atoms with Crippen LogP contribution in [0.1, 0.15) is 42.5 Å². The van der Waals surface area contributed by atoms with Crippen molar-refractivity contribution in [2.24, 2.45) is 0 Å². The van der Waals surface area contributed by atoms with E-state index in [1.165, 1.54) is 32.9 Å². The van der Waals surface area contributed by atoms with Crippen LogP contribution in [0, 0.1) is 0 Å². The number of para-hydroxylation sites is 3. The summed E-state index contributed by atoms with van der Waals surface area (Å²) in [6.45, 7) is 2.24. The Morgan fingerprint density at radius 1 is 0.571 bits per heavy atom. The molecule has 10 aromatic rings. The molecule has 4 aromatic heterocycles. The number of aromatic nitrogens is 6. The average molecular weight is 811 g/mol. The molecular formula is C57H42N6. The SMILES string of the molecule is CC1(c2nc(-c3ccccc3)nc(-c3cccc(-n4c5c(c6ccccc64)CCC=C5)c3)n2)C=CC=C(c2nccc(-c3ccccc3)c2-n2c3ccccc3c3ccccc32)C1. The lowest BCUT2D eigenvalue weighted by atomic mass is 9.77. The minimum Gasteiger partial charge on any atom is -0.310 e. The van der Waals surface area contributed by atoms with Gasteiger partial charge < -0.3 is 9.13 Å². The van der Waals surface area contributed by atoms with Crippen molar-refractivity contribution in [2.45, 2.75) is 31.6 Å². The molecule has 0 fully saturated rings. The van der Waals surface area contributed by atoms with Gasteiger partial charge in [0.1, 0.15) is 5.82 Å². The molecule has 6 heteroatoms. The van der Waals surface area contributed by atoms with Gasteiger partial charge in [-0.15, -0.1) is 0 Å². The zero-order chi connectivity index (χ0) is 41.9. The number of hydrogen-bond acceptors (Lipinski definition) is 4. The van der Waals surface area contributed by atoms with Crippen molar-refractivity contribution in [3.63, 3.8) is 0 Å². The normalized spacial score (nSPS) is 15.9. The lowest BCUT2D eigenvalue weighted by Gasteiger charge is -2.30. The molecule has 2 aliphatic carbocycles. The van der Waals surface area contributed by atoms with E-state index >= 15 is 0 Å². The molecule has 6 aromatic carbocycles. The minimum atomic E-state index is -0.591. The van der Waals surface area contributed by atoms with Gasteiger partial charge in [0.15, 0.2) is 11.6 Å². The second-order valence-corrected chi connectivity index (χ2v) is 16.8. The number of nitrogens with zero attached hydrogens (tertiary/aromatic N) is 6. The predicted octanol–water partition coefficient (Wildman–Crippen LogP) is 13.6. The first-order chi connectivity index (χ1) is 31.1. The molecule has 0 aliphatic heterocycles. The Morgan fingerprint density at radius 3 is 1.92 bits per heavy atom. The number of fused-ring (bicyclic) bond motifs is 6. The van der Waals surface area contributed by atoms with Gasteiger partial charge in [-0.3, -0.25) is 4.98 Å². The maximum Gasteiger partial charge on any atom is 0.163 e. The number of aryl methyl sites for hydroxylation is 1. The number of pyridine rings is 1. The molecule has 12 rings (SSSR count). The molecule has 300 valence electrons. The first-order valence-corrected chi connectivity index (χ1v) is 21.7. The zero-order valence-corrected chi connectivity index (χ0v) is 34.9. The van der Waals surface area contributed by atoms with Crippen LogP contribution in [0.4, 0.5) is 0 Å². The van der Waals surface area contributed by atoms with Gasteiger partial charge in [0, 0.05) is 55.8 Å². The van der Waals surface area contributed by atoms with Crippen LogP contribution in [0.5, 0.6) is 0 Å². The lowest BCUT2D eigenvalue weighted by Crippen LogP contribution is -2.26. The van der Waals surface area contributed by atoms with Gasteiger partial charge in [-0.2, -0.15) is 0 Å². The molecular weight excluding hydrogens is 769 g/mol. The van der Waals surface area contributed by atoms with Crippen LogP contribution in [-0.4, -0.2) is 29.1 Å².